The molecule has 1 rings (SSSR count). The van der Waals surface area contributed by atoms with Gasteiger partial charge in [0, 0.05) is 12.6 Å². The molecule has 1 heteroatoms. The van der Waals surface area contributed by atoms with Crippen molar-refractivity contribution in [1.29, 1.82) is 0 Å². The highest BCUT2D eigenvalue weighted by molar-refractivity contribution is 5.22. The van der Waals surface area contributed by atoms with Crippen molar-refractivity contribution < 1.29 is 0 Å². The highest BCUT2D eigenvalue weighted by Crippen LogP contribution is 2.09. The fourth-order valence-corrected chi connectivity index (χ4v) is 2.12. The van der Waals surface area contributed by atoms with Crippen LogP contribution in [-0.4, -0.2) is 6.04 Å². The minimum Gasteiger partial charge on any atom is -0.310 e. The summed E-state index contributed by atoms with van der Waals surface area (Å²) in [5.74, 6) is 0.832. The van der Waals surface area contributed by atoms with Crippen LogP contribution < -0.4 is 5.32 Å². The van der Waals surface area contributed by atoms with E-state index in [0.29, 0.717) is 6.04 Å². The number of hydrogen-bond donors (Lipinski definition) is 1. The summed E-state index contributed by atoms with van der Waals surface area (Å²) in [6.07, 6.45) is 5.09. The van der Waals surface area contributed by atoms with Gasteiger partial charge in [-0.15, -0.1) is 0 Å². The smallest absolute Gasteiger partial charge is 0.0207 e. The van der Waals surface area contributed by atoms with E-state index in [2.05, 4.69) is 57.3 Å². The van der Waals surface area contributed by atoms with E-state index in [-0.39, 0.29) is 0 Å². The van der Waals surface area contributed by atoms with Crippen LogP contribution in [0, 0.1) is 5.92 Å². The molecule has 1 unspecified atom stereocenters. The van der Waals surface area contributed by atoms with Crippen LogP contribution in [0.25, 0.3) is 0 Å². The Bertz CT molecular complexity index is 313. The van der Waals surface area contributed by atoms with Gasteiger partial charge in [0.2, 0.25) is 0 Å². The molecule has 1 aromatic rings. The molecule has 0 saturated carbocycles. The third-order valence-electron chi connectivity index (χ3n) is 3.50. The fourth-order valence-electron chi connectivity index (χ4n) is 2.12. The van der Waals surface area contributed by atoms with Gasteiger partial charge in [-0.2, -0.15) is 0 Å². The molecule has 0 aliphatic heterocycles. The predicted octanol–water partition coefficient (Wildman–Crippen LogP) is 4.55. The van der Waals surface area contributed by atoms with E-state index >= 15 is 0 Å². The van der Waals surface area contributed by atoms with Gasteiger partial charge >= 0.3 is 0 Å². The Labute approximate surface area is 113 Å². The van der Waals surface area contributed by atoms with Crippen LogP contribution >= 0.6 is 0 Å². The van der Waals surface area contributed by atoms with Gasteiger partial charge in [-0.3, -0.25) is 0 Å². The summed E-state index contributed by atoms with van der Waals surface area (Å²) < 4.78 is 0. The Kier molecular flexibility index (Phi) is 7.04. The molecule has 0 amide bonds. The molecule has 1 N–H and O–H groups in total. The number of rotatable bonds is 8. The van der Waals surface area contributed by atoms with E-state index in [1.54, 1.807) is 0 Å². The maximum absolute atomic E-state index is 3.61. The predicted molar refractivity (Wildman–Crippen MR) is 80.8 cm³/mol. The van der Waals surface area contributed by atoms with E-state index < -0.39 is 0 Å². The standard InChI is InChI=1S/C17H29N/c1-5-16-9-11-17(12-10-16)13-18-15(4)8-6-7-14(2)3/h9-12,14-15,18H,5-8,13H2,1-4H3. The third kappa shape index (κ3) is 6.20. The summed E-state index contributed by atoms with van der Waals surface area (Å²) >= 11 is 0. The molecule has 0 aliphatic rings. The average molecular weight is 247 g/mol. The molecule has 18 heavy (non-hydrogen) atoms. The Morgan fingerprint density at radius 2 is 1.56 bits per heavy atom. The van der Waals surface area contributed by atoms with Crippen molar-refractivity contribution in [3.8, 4) is 0 Å². The van der Waals surface area contributed by atoms with Crippen LogP contribution in [0.2, 0.25) is 0 Å². The van der Waals surface area contributed by atoms with E-state index in [1.807, 2.05) is 0 Å². The van der Waals surface area contributed by atoms with Crippen LogP contribution in [0.3, 0.4) is 0 Å². The summed E-state index contributed by atoms with van der Waals surface area (Å²) in [7, 11) is 0. The lowest BCUT2D eigenvalue weighted by atomic mass is 10.0. The minimum atomic E-state index is 0.620. The quantitative estimate of drug-likeness (QED) is 0.710. The topological polar surface area (TPSA) is 12.0 Å². The molecule has 0 spiro atoms. The van der Waals surface area contributed by atoms with Gasteiger partial charge in [0.05, 0.1) is 0 Å². The lowest BCUT2D eigenvalue weighted by molar-refractivity contribution is 0.457. The van der Waals surface area contributed by atoms with Crippen LogP contribution in [0.4, 0.5) is 0 Å². The number of aryl methyl sites for hydroxylation is 1. The second-order valence-electron chi connectivity index (χ2n) is 5.78. The molecule has 0 saturated heterocycles. The first-order valence-electron chi connectivity index (χ1n) is 7.43. The normalized spacial score (nSPS) is 12.9. The molecule has 0 radical (unpaired) electrons. The van der Waals surface area contributed by atoms with Crippen molar-refractivity contribution in [2.24, 2.45) is 5.92 Å². The SMILES string of the molecule is CCc1ccc(CNC(C)CCCC(C)C)cc1. The van der Waals surface area contributed by atoms with Crippen molar-refractivity contribution >= 4 is 0 Å². The summed E-state index contributed by atoms with van der Waals surface area (Å²) in [5, 5.41) is 3.61. The summed E-state index contributed by atoms with van der Waals surface area (Å²) in [4.78, 5) is 0. The van der Waals surface area contributed by atoms with Crippen LogP contribution in [-0.2, 0) is 13.0 Å². The summed E-state index contributed by atoms with van der Waals surface area (Å²) in [6.45, 7) is 10.1. The van der Waals surface area contributed by atoms with Gasteiger partial charge in [0.1, 0.15) is 0 Å². The van der Waals surface area contributed by atoms with Crippen molar-refractivity contribution in [2.45, 2.75) is 66.0 Å². The minimum absolute atomic E-state index is 0.620. The third-order valence-corrected chi connectivity index (χ3v) is 3.50. The number of benzene rings is 1. The Balaban J connectivity index is 2.22. The second-order valence-corrected chi connectivity index (χ2v) is 5.78. The molecule has 0 heterocycles. The lowest BCUT2D eigenvalue weighted by Crippen LogP contribution is -2.25. The zero-order valence-electron chi connectivity index (χ0n) is 12.5. The summed E-state index contributed by atoms with van der Waals surface area (Å²) in [6, 6.07) is 9.58. The number of hydrogen-bond acceptors (Lipinski definition) is 1. The molecule has 0 fully saturated rings. The van der Waals surface area contributed by atoms with Crippen molar-refractivity contribution in [2.75, 3.05) is 0 Å². The zero-order valence-corrected chi connectivity index (χ0v) is 12.5. The van der Waals surface area contributed by atoms with Gasteiger partial charge in [0.15, 0.2) is 0 Å². The largest absolute Gasteiger partial charge is 0.310 e. The van der Waals surface area contributed by atoms with Crippen molar-refractivity contribution in [3.05, 3.63) is 35.4 Å². The van der Waals surface area contributed by atoms with E-state index in [4.69, 9.17) is 0 Å². The van der Waals surface area contributed by atoms with Crippen molar-refractivity contribution in [1.82, 2.24) is 5.32 Å². The Hall–Kier alpha value is -0.820. The average Bonchev–Trinajstić information content (AvgIpc) is 2.36. The molecular formula is C17H29N. The van der Waals surface area contributed by atoms with Crippen LogP contribution in [0.1, 0.15) is 58.1 Å². The second kappa shape index (κ2) is 8.31. The molecule has 0 bridgehead atoms. The summed E-state index contributed by atoms with van der Waals surface area (Å²) in [5.41, 5.74) is 2.81. The van der Waals surface area contributed by atoms with E-state index in [9.17, 15) is 0 Å². The van der Waals surface area contributed by atoms with Crippen LogP contribution in [0.5, 0.6) is 0 Å². The Morgan fingerprint density at radius 3 is 2.11 bits per heavy atom. The molecule has 1 nitrogen and oxygen atoms in total. The highest BCUT2D eigenvalue weighted by Gasteiger charge is 2.02. The van der Waals surface area contributed by atoms with Crippen LogP contribution in [0.15, 0.2) is 24.3 Å². The molecule has 0 aliphatic carbocycles. The molecule has 0 aromatic heterocycles. The first-order chi connectivity index (χ1) is 8.61. The van der Waals surface area contributed by atoms with Gasteiger partial charge in [-0.05, 0) is 36.8 Å². The van der Waals surface area contributed by atoms with E-state index in [1.165, 1.54) is 30.4 Å². The van der Waals surface area contributed by atoms with Gasteiger partial charge in [0.25, 0.3) is 0 Å². The Morgan fingerprint density at radius 1 is 0.944 bits per heavy atom. The maximum Gasteiger partial charge on any atom is 0.0207 e. The van der Waals surface area contributed by atoms with Crippen molar-refractivity contribution in [3.63, 3.8) is 0 Å². The van der Waals surface area contributed by atoms with E-state index in [0.717, 1.165) is 18.9 Å². The molecular weight excluding hydrogens is 218 g/mol. The molecule has 1 aromatic carbocycles. The van der Waals surface area contributed by atoms with Gasteiger partial charge in [-0.1, -0.05) is 57.9 Å². The highest BCUT2D eigenvalue weighted by atomic mass is 14.9. The first-order valence-corrected chi connectivity index (χ1v) is 7.43. The molecule has 1 atom stereocenters. The maximum atomic E-state index is 3.61. The zero-order chi connectivity index (χ0) is 13.4. The fraction of sp³-hybridized carbons (Fsp3) is 0.647. The monoisotopic (exact) mass is 247 g/mol. The number of nitrogens with one attached hydrogen (secondary N) is 1. The van der Waals surface area contributed by atoms with Gasteiger partial charge in [-0.25, -0.2) is 0 Å². The molecule has 102 valence electrons. The van der Waals surface area contributed by atoms with Gasteiger partial charge < -0.3 is 5.32 Å². The lowest BCUT2D eigenvalue weighted by Gasteiger charge is -2.14. The first kappa shape index (κ1) is 15.2.